The normalized spacial score (nSPS) is 11.9. The molecule has 0 saturated carbocycles. The van der Waals surface area contributed by atoms with Gasteiger partial charge in [0.25, 0.3) is 11.6 Å². The topological polar surface area (TPSA) is 90.1 Å². The van der Waals surface area contributed by atoms with Crippen molar-refractivity contribution >= 4 is 22.6 Å². The smallest absolute Gasteiger partial charge is 0.269 e. The number of carbonyl (C=O) groups excluding carboxylic acids is 1. The number of para-hydroxylation sites is 2. The van der Waals surface area contributed by atoms with Crippen molar-refractivity contribution in [3.63, 3.8) is 0 Å². The molecule has 4 aromatic rings. The van der Waals surface area contributed by atoms with Gasteiger partial charge in [0.15, 0.2) is 0 Å². The Balaban J connectivity index is 1.66. The number of nitrogens with one attached hydrogen (secondary N) is 1. The molecule has 8 heteroatoms. The molecule has 1 heterocycles. The molecule has 4 rings (SSSR count). The molecule has 0 aliphatic carbocycles. The number of non-ortho nitro benzene ring substituents is 1. The number of nitro groups is 1. The fourth-order valence-electron chi connectivity index (χ4n) is 3.48. The number of nitrogens with zero attached hydrogens (tertiary/aromatic N) is 3. The van der Waals surface area contributed by atoms with Crippen molar-refractivity contribution in [1.29, 1.82) is 0 Å². The van der Waals surface area contributed by atoms with E-state index in [1.54, 1.807) is 25.1 Å². The first-order chi connectivity index (χ1) is 14.9. The molecule has 0 unspecified atom stereocenters. The zero-order valence-electron chi connectivity index (χ0n) is 16.7. The molecule has 3 aromatic carbocycles. The fraction of sp³-hybridized carbons (Fsp3) is 0.130. The van der Waals surface area contributed by atoms with Crippen molar-refractivity contribution < 1.29 is 14.1 Å². The highest BCUT2D eigenvalue weighted by molar-refractivity contribution is 5.94. The predicted molar refractivity (Wildman–Crippen MR) is 114 cm³/mol. The Bertz CT molecular complexity index is 1270. The van der Waals surface area contributed by atoms with Crippen LogP contribution in [0.15, 0.2) is 72.8 Å². The van der Waals surface area contributed by atoms with Gasteiger partial charge in [-0.05, 0) is 36.8 Å². The quantitative estimate of drug-likeness (QED) is 0.365. The number of fused-ring (bicyclic) bond motifs is 1. The van der Waals surface area contributed by atoms with Crippen molar-refractivity contribution in [2.75, 3.05) is 0 Å². The molecule has 1 N–H and O–H groups in total. The van der Waals surface area contributed by atoms with Crippen molar-refractivity contribution in [3.8, 4) is 0 Å². The fourth-order valence-corrected chi connectivity index (χ4v) is 3.48. The Labute approximate surface area is 177 Å². The van der Waals surface area contributed by atoms with E-state index in [9.17, 15) is 19.3 Å². The zero-order valence-corrected chi connectivity index (χ0v) is 16.7. The molecule has 0 aliphatic heterocycles. The van der Waals surface area contributed by atoms with Crippen LogP contribution in [0.5, 0.6) is 0 Å². The molecule has 0 radical (unpaired) electrons. The summed E-state index contributed by atoms with van der Waals surface area (Å²) < 4.78 is 15.9. The second-order valence-corrected chi connectivity index (χ2v) is 7.14. The molecule has 1 aromatic heterocycles. The maximum absolute atomic E-state index is 14.0. The molecular weight excluding hydrogens is 399 g/mol. The van der Waals surface area contributed by atoms with Gasteiger partial charge in [-0.25, -0.2) is 9.37 Å². The summed E-state index contributed by atoms with van der Waals surface area (Å²) in [6.45, 7) is 2.19. The number of aromatic nitrogens is 2. The van der Waals surface area contributed by atoms with Gasteiger partial charge in [0.1, 0.15) is 11.6 Å². The Morgan fingerprint density at radius 3 is 2.48 bits per heavy atom. The lowest BCUT2D eigenvalue weighted by Gasteiger charge is -2.17. The van der Waals surface area contributed by atoms with E-state index < -0.39 is 22.7 Å². The van der Waals surface area contributed by atoms with E-state index in [0.717, 1.165) is 16.6 Å². The second-order valence-electron chi connectivity index (χ2n) is 7.14. The van der Waals surface area contributed by atoms with Crippen LogP contribution in [0.25, 0.3) is 11.0 Å². The molecule has 0 aliphatic rings. The summed E-state index contributed by atoms with van der Waals surface area (Å²) in [6.07, 6.45) is 0. The first-order valence-corrected chi connectivity index (χ1v) is 9.68. The highest BCUT2D eigenvalue weighted by Gasteiger charge is 2.20. The Morgan fingerprint density at radius 2 is 1.77 bits per heavy atom. The first-order valence-electron chi connectivity index (χ1n) is 9.68. The standard InChI is InChI=1S/C23H19FN4O3/c1-15(25-23(29)18-6-2-3-7-19(18)24)22-26-20-8-4-5-9-21(20)27(22)14-16-10-12-17(13-11-16)28(30)31/h2-13,15H,14H2,1H3,(H,25,29)/t15-/m1/s1. The summed E-state index contributed by atoms with van der Waals surface area (Å²) in [7, 11) is 0. The third-order valence-electron chi connectivity index (χ3n) is 5.03. The van der Waals surface area contributed by atoms with E-state index in [0.29, 0.717) is 12.4 Å². The van der Waals surface area contributed by atoms with Crippen LogP contribution < -0.4 is 5.32 Å². The Morgan fingerprint density at radius 1 is 1.10 bits per heavy atom. The Kier molecular flexibility index (Phi) is 5.44. The van der Waals surface area contributed by atoms with Crippen molar-refractivity contribution in [2.45, 2.75) is 19.5 Å². The number of carbonyl (C=O) groups is 1. The van der Waals surface area contributed by atoms with Gasteiger partial charge in [-0.3, -0.25) is 14.9 Å². The van der Waals surface area contributed by atoms with Crippen LogP contribution in [0.4, 0.5) is 10.1 Å². The maximum atomic E-state index is 14.0. The van der Waals surface area contributed by atoms with Crippen molar-refractivity contribution in [2.24, 2.45) is 0 Å². The molecule has 1 amide bonds. The lowest BCUT2D eigenvalue weighted by molar-refractivity contribution is -0.384. The number of halogens is 1. The second kappa shape index (κ2) is 8.35. The van der Waals surface area contributed by atoms with Gasteiger partial charge in [-0.1, -0.05) is 36.4 Å². The highest BCUT2D eigenvalue weighted by Crippen LogP contribution is 2.23. The lowest BCUT2D eigenvalue weighted by atomic mass is 10.1. The molecule has 0 fully saturated rings. The van der Waals surface area contributed by atoms with Crippen molar-refractivity contribution in [1.82, 2.24) is 14.9 Å². The van der Waals surface area contributed by atoms with Gasteiger partial charge in [0.2, 0.25) is 0 Å². The number of amides is 1. The molecule has 7 nitrogen and oxygen atoms in total. The largest absolute Gasteiger partial charge is 0.342 e. The molecule has 0 spiro atoms. The van der Waals surface area contributed by atoms with E-state index in [1.165, 1.54) is 30.3 Å². The summed E-state index contributed by atoms with van der Waals surface area (Å²) in [4.78, 5) is 27.7. The number of nitro benzene ring substituents is 1. The molecule has 0 saturated heterocycles. The minimum atomic E-state index is -0.591. The van der Waals surface area contributed by atoms with Gasteiger partial charge < -0.3 is 9.88 Å². The van der Waals surface area contributed by atoms with Crippen LogP contribution in [0.1, 0.15) is 34.7 Å². The number of imidazole rings is 1. The molecule has 0 bridgehead atoms. The first kappa shape index (κ1) is 20.2. The van der Waals surface area contributed by atoms with E-state index >= 15 is 0 Å². The third kappa shape index (κ3) is 4.13. The zero-order chi connectivity index (χ0) is 22.0. The summed E-state index contributed by atoms with van der Waals surface area (Å²) >= 11 is 0. The third-order valence-corrected chi connectivity index (χ3v) is 5.03. The number of benzene rings is 3. The van der Waals surface area contributed by atoms with Gasteiger partial charge >= 0.3 is 0 Å². The lowest BCUT2D eigenvalue weighted by Crippen LogP contribution is -2.29. The number of hydrogen-bond donors (Lipinski definition) is 1. The van der Waals surface area contributed by atoms with Crippen LogP contribution in [-0.4, -0.2) is 20.4 Å². The summed E-state index contributed by atoms with van der Waals surface area (Å²) in [6, 6.07) is 19.2. The van der Waals surface area contributed by atoms with E-state index in [-0.39, 0.29) is 11.3 Å². The summed E-state index contributed by atoms with van der Waals surface area (Å²) in [5.74, 6) is -0.518. The average molecular weight is 418 g/mol. The molecule has 1 atom stereocenters. The summed E-state index contributed by atoms with van der Waals surface area (Å²) in [5, 5.41) is 13.7. The maximum Gasteiger partial charge on any atom is 0.269 e. The molecular formula is C23H19FN4O3. The minimum Gasteiger partial charge on any atom is -0.342 e. The van der Waals surface area contributed by atoms with Crippen LogP contribution in [0, 0.1) is 15.9 Å². The van der Waals surface area contributed by atoms with Gasteiger partial charge in [-0.15, -0.1) is 0 Å². The van der Waals surface area contributed by atoms with Crippen LogP contribution in [-0.2, 0) is 6.54 Å². The van der Waals surface area contributed by atoms with Gasteiger partial charge in [0.05, 0.1) is 27.6 Å². The van der Waals surface area contributed by atoms with E-state index in [1.807, 2.05) is 28.8 Å². The average Bonchev–Trinajstić information content (AvgIpc) is 3.13. The predicted octanol–water partition coefficient (Wildman–Crippen LogP) is 4.62. The van der Waals surface area contributed by atoms with Crippen LogP contribution in [0.3, 0.4) is 0 Å². The van der Waals surface area contributed by atoms with Crippen LogP contribution >= 0.6 is 0 Å². The monoisotopic (exact) mass is 418 g/mol. The number of rotatable bonds is 6. The SMILES string of the molecule is C[C@@H](NC(=O)c1ccccc1F)c1nc2ccccc2n1Cc1ccc([N+](=O)[O-])cc1. The molecule has 156 valence electrons. The van der Waals surface area contributed by atoms with Gasteiger partial charge in [0, 0.05) is 18.7 Å². The number of hydrogen-bond acceptors (Lipinski definition) is 4. The highest BCUT2D eigenvalue weighted by atomic mass is 19.1. The van der Waals surface area contributed by atoms with E-state index in [2.05, 4.69) is 10.3 Å². The summed E-state index contributed by atoms with van der Waals surface area (Å²) in [5.41, 5.74) is 2.45. The minimum absolute atomic E-state index is 0.0185. The van der Waals surface area contributed by atoms with E-state index in [4.69, 9.17) is 0 Å². The van der Waals surface area contributed by atoms with Crippen molar-refractivity contribution in [3.05, 3.63) is 106 Å². The molecule has 31 heavy (non-hydrogen) atoms. The van der Waals surface area contributed by atoms with Crippen LogP contribution in [0.2, 0.25) is 0 Å². The Hall–Kier alpha value is -4.07. The van der Waals surface area contributed by atoms with Gasteiger partial charge in [-0.2, -0.15) is 0 Å².